The summed E-state index contributed by atoms with van der Waals surface area (Å²) in [5.41, 5.74) is 1.23. The van der Waals surface area contributed by atoms with Gasteiger partial charge in [0.25, 0.3) is 5.91 Å². The highest BCUT2D eigenvalue weighted by atomic mass is 32.1. The molecule has 2 aromatic heterocycles. The minimum absolute atomic E-state index is 0.171. The predicted molar refractivity (Wildman–Crippen MR) is 95.8 cm³/mol. The smallest absolute Gasteiger partial charge is 0.410 e. The normalized spacial score (nSPS) is 14.2. The van der Waals surface area contributed by atoms with E-state index in [1.165, 1.54) is 11.3 Å². The van der Waals surface area contributed by atoms with Gasteiger partial charge in [-0.3, -0.25) is 9.48 Å². The van der Waals surface area contributed by atoms with E-state index < -0.39 is 5.60 Å². The number of fused-ring (bicyclic) bond motifs is 1. The van der Waals surface area contributed by atoms with Crippen LogP contribution in [0.1, 0.15) is 41.7 Å². The average molecular weight is 362 g/mol. The summed E-state index contributed by atoms with van der Waals surface area (Å²) in [6.45, 7) is 6.46. The number of aryl methyl sites for hydroxylation is 1. The number of ether oxygens (including phenoxy) is 1. The average Bonchev–Trinajstić information content (AvgIpc) is 3.14. The molecule has 0 spiro atoms. The molecule has 0 unspecified atom stereocenters. The number of nitrogens with zero attached hydrogens (tertiary/aromatic N) is 3. The zero-order valence-electron chi connectivity index (χ0n) is 14.8. The summed E-state index contributed by atoms with van der Waals surface area (Å²) in [4.78, 5) is 27.0. The van der Waals surface area contributed by atoms with Gasteiger partial charge in [-0.05, 0) is 32.2 Å². The fourth-order valence-electron chi connectivity index (χ4n) is 2.72. The van der Waals surface area contributed by atoms with Gasteiger partial charge in [-0.2, -0.15) is 5.10 Å². The first-order valence-corrected chi connectivity index (χ1v) is 9.00. The van der Waals surface area contributed by atoms with E-state index in [-0.39, 0.29) is 12.0 Å². The lowest BCUT2D eigenvalue weighted by Crippen LogP contribution is -2.40. The number of hydrogen-bond acceptors (Lipinski definition) is 5. The monoisotopic (exact) mass is 362 g/mol. The quantitative estimate of drug-likeness (QED) is 0.891. The van der Waals surface area contributed by atoms with Crippen molar-refractivity contribution < 1.29 is 14.3 Å². The van der Waals surface area contributed by atoms with Crippen LogP contribution in [-0.4, -0.2) is 38.8 Å². The van der Waals surface area contributed by atoms with Crippen LogP contribution in [0.4, 0.5) is 10.6 Å². The number of rotatable bonds is 2. The molecule has 0 bridgehead atoms. The van der Waals surface area contributed by atoms with Crippen LogP contribution in [0.5, 0.6) is 0 Å². The van der Waals surface area contributed by atoms with Crippen LogP contribution in [0.15, 0.2) is 17.5 Å². The molecule has 0 saturated carbocycles. The Labute approximate surface area is 150 Å². The molecule has 0 fully saturated rings. The van der Waals surface area contributed by atoms with Crippen molar-refractivity contribution in [2.75, 3.05) is 11.9 Å². The van der Waals surface area contributed by atoms with Crippen molar-refractivity contribution in [3.63, 3.8) is 0 Å². The van der Waals surface area contributed by atoms with Crippen molar-refractivity contribution in [2.24, 2.45) is 7.05 Å². The molecule has 0 aliphatic carbocycles. The highest BCUT2D eigenvalue weighted by Crippen LogP contribution is 2.27. The molecular formula is C17H22N4O3S. The van der Waals surface area contributed by atoms with E-state index in [0.717, 1.165) is 11.3 Å². The first-order chi connectivity index (χ1) is 11.7. The second-order valence-electron chi connectivity index (χ2n) is 6.98. The number of thiophene rings is 1. The maximum absolute atomic E-state index is 12.4. The molecular weight excluding hydrogens is 340 g/mol. The zero-order chi connectivity index (χ0) is 18.2. The van der Waals surface area contributed by atoms with Gasteiger partial charge in [0.15, 0.2) is 0 Å². The van der Waals surface area contributed by atoms with Gasteiger partial charge in [0.05, 0.1) is 17.1 Å². The lowest BCUT2D eigenvalue weighted by atomic mass is 10.1. The van der Waals surface area contributed by atoms with Crippen LogP contribution < -0.4 is 5.32 Å². The third-order valence-corrected chi connectivity index (χ3v) is 4.69. The van der Waals surface area contributed by atoms with Crippen LogP contribution >= 0.6 is 11.3 Å². The van der Waals surface area contributed by atoms with E-state index in [4.69, 9.17) is 4.74 Å². The maximum atomic E-state index is 12.4. The molecule has 1 aliphatic heterocycles. The van der Waals surface area contributed by atoms with E-state index >= 15 is 0 Å². The highest BCUT2D eigenvalue weighted by molar-refractivity contribution is 7.12. The first kappa shape index (κ1) is 17.5. The van der Waals surface area contributed by atoms with Gasteiger partial charge in [-0.15, -0.1) is 11.3 Å². The van der Waals surface area contributed by atoms with Gasteiger partial charge in [-0.1, -0.05) is 6.07 Å². The summed E-state index contributed by atoms with van der Waals surface area (Å²) in [6.07, 6.45) is 0.287. The van der Waals surface area contributed by atoms with Crippen LogP contribution in [-0.2, 0) is 24.8 Å². The summed E-state index contributed by atoms with van der Waals surface area (Å²) in [5, 5.41) is 9.26. The Hall–Kier alpha value is -2.35. The van der Waals surface area contributed by atoms with Crippen molar-refractivity contribution in [3.8, 4) is 0 Å². The predicted octanol–water partition coefficient (Wildman–Crippen LogP) is 3.03. The number of hydrogen-bond donors (Lipinski definition) is 1. The van der Waals surface area contributed by atoms with Gasteiger partial charge in [0, 0.05) is 25.6 Å². The van der Waals surface area contributed by atoms with Gasteiger partial charge < -0.3 is 15.0 Å². The SMILES string of the molecule is Cn1nc2c(c1NC(=O)c1cccs1)CN(C(=O)OC(C)(C)C)CC2. The molecule has 0 saturated heterocycles. The van der Waals surface area contributed by atoms with Crippen molar-refractivity contribution in [1.29, 1.82) is 0 Å². The second kappa shape index (κ2) is 6.51. The fourth-order valence-corrected chi connectivity index (χ4v) is 3.34. The molecule has 1 N–H and O–H groups in total. The third-order valence-electron chi connectivity index (χ3n) is 3.82. The number of carbonyl (C=O) groups excluding carboxylic acids is 2. The molecule has 3 rings (SSSR count). The highest BCUT2D eigenvalue weighted by Gasteiger charge is 2.30. The Bertz CT molecular complexity index is 790. The Kier molecular flexibility index (Phi) is 4.55. The number of carbonyl (C=O) groups is 2. The van der Waals surface area contributed by atoms with Gasteiger partial charge >= 0.3 is 6.09 Å². The lowest BCUT2D eigenvalue weighted by Gasteiger charge is -2.29. The molecule has 0 atom stereocenters. The number of anilines is 1. The van der Waals surface area contributed by atoms with Crippen molar-refractivity contribution >= 4 is 29.2 Å². The van der Waals surface area contributed by atoms with Crippen molar-refractivity contribution in [2.45, 2.75) is 39.3 Å². The minimum atomic E-state index is -0.539. The van der Waals surface area contributed by atoms with E-state index in [1.807, 2.05) is 32.2 Å². The molecule has 0 aromatic carbocycles. The summed E-state index contributed by atoms with van der Waals surface area (Å²) in [7, 11) is 1.79. The summed E-state index contributed by atoms with van der Waals surface area (Å²) >= 11 is 1.38. The number of amides is 2. The molecule has 134 valence electrons. The van der Waals surface area contributed by atoms with Gasteiger partial charge in [0.2, 0.25) is 0 Å². The molecule has 2 amide bonds. The van der Waals surface area contributed by atoms with E-state index in [1.54, 1.807) is 22.7 Å². The molecule has 8 heteroatoms. The minimum Gasteiger partial charge on any atom is -0.444 e. The second-order valence-corrected chi connectivity index (χ2v) is 7.93. The number of aromatic nitrogens is 2. The van der Waals surface area contributed by atoms with E-state index in [2.05, 4.69) is 10.4 Å². The standard InChI is InChI=1S/C17H22N4O3S/c1-17(2,3)24-16(23)21-8-7-12-11(10-21)14(20(4)19-12)18-15(22)13-6-5-9-25-13/h5-6,9H,7-8,10H2,1-4H3,(H,18,22). The molecule has 7 nitrogen and oxygen atoms in total. The summed E-state index contributed by atoms with van der Waals surface area (Å²) in [6, 6.07) is 3.61. The molecule has 2 aromatic rings. The molecule has 25 heavy (non-hydrogen) atoms. The van der Waals surface area contributed by atoms with E-state index in [0.29, 0.717) is 30.2 Å². The molecule has 3 heterocycles. The summed E-state index contributed by atoms with van der Waals surface area (Å²) < 4.78 is 7.11. The molecule has 0 radical (unpaired) electrons. The third kappa shape index (κ3) is 3.84. The zero-order valence-corrected chi connectivity index (χ0v) is 15.6. The Balaban J connectivity index is 1.79. The first-order valence-electron chi connectivity index (χ1n) is 8.12. The fraction of sp³-hybridized carbons (Fsp3) is 0.471. The van der Waals surface area contributed by atoms with Crippen molar-refractivity contribution in [1.82, 2.24) is 14.7 Å². The molecule has 1 aliphatic rings. The van der Waals surface area contributed by atoms with Crippen LogP contribution in [0.25, 0.3) is 0 Å². The number of nitrogens with one attached hydrogen (secondary N) is 1. The largest absolute Gasteiger partial charge is 0.444 e. The Morgan fingerprint density at radius 2 is 2.12 bits per heavy atom. The lowest BCUT2D eigenvalue weighted by molar-refractivity contribution is 0.0224. The Morgan fingerprint density at radius 1 is 1.36 bits per heavy atom. The van der Waals surface area contributed by atoms with Crippen LogP contribution in [0.3, 0.4) is 0 Å². The van der Waals surface area contributed by atoms with E-state index in [9.17, 15) is 9.59 Å². The Morgan fingerprint density at radius 3 is 2.76 bits per heavy atom. The van der Waals surface area contributed by atoms with Gasteiger partial charge in [-0.25, -0.2) is 4.79 Å². The maximum Gasteiger partial charge on any atom is 0.410 e. The van der Waals surface area contributed by atoms with Crippen LogP contribution in [0, 0.1) is 0 Å². The van der Waals surface area contributed by atoms with Gasteiger partial charge in [0.1, 0.15) is 11.4 Å². The summed E-state index contributed by atoms with van der Waals surface area (Å²) in [5.74, 6) is 0.455. The van der Waals surface area contributed by atoms with Crippen molar-refractivity contribution in [3.05, 3.63) is 33.6 Å². The topological polar surface area (TPSA) is 76.5 Å². The van der Waals surface area contributed by atoms with Crippen LogP contribution in [0.2, 0.25) is 0 Å².